The predicted octanol–water partition coefficient (Wildman–Crippen LogP) is -1.05. The smallest absolute Gasteiger partial charge is 1.00 e. The molecule has 0 heterocycles. The zero-order chi connectivity index (χ0) is 12.7. The first-order valence-electron chi connectivity index (χ1n) is 6.14. The molecule has 5 heteroatoms. The quantitative estimate of drug-likeness (QED) is 0.456. The molecule has 0 aliphatic carbocycles. The van der Waals surface area contributed by atoms with Gasteiger partial charge in [-0.2, -0.15) is 0 Å². The molecule has 0 saturated carbocycles. The van der Waals surface area contributed by atoms with Gasteiger partial charge in [0, 0.05) is 5.75 Å². The summed E-state index contributed by atoms with van der Waals surface area (Å²) in [6, 6.07) is 12.7. The minimum absolute atomic E-state index is 0. The molecule has 20 heavy (non-hydrogen) atoms. The Balaban J connectivity index is 0. The third-order valence-corrected chi connectivity index (χ3v) is 8.13. The fraction of sp³-hybridized carbons (Fsp3) is 0.400. The van der Waals surface area contributed by atoms with E-state index in [-0.39, 0.29) is 56.1 Å². The van der Waals surface area contributed by atoms with Crippen LogP contribution in [0.1, 0.15) is 20.8 Å². The minimum Gasteiger partial charge on any atom is -1.00 e. The maximum atomic E-state index is 6.29. The fourth-order valence-electron chi connectivity index (χ4n) is 1.63. The molecule has 0 fully saturated rings. The topological polar surface area (TPSA) is 9.23 Å². The molecule has 1 nitrogen and oxygen atoms in total. The summed E-state index contributed by atoms with van der Waals surface area (Å²) in [5.41, 5.74) is 0. The summed E-state index contributed by atoms with van der Waals surface area (Å²) in [5, 5.41) is 2.78. The summed E-state index contributed by atoms with van der Waals surface area (Å²) in [7, 11) is -1.71. The number of rotatable bonds is 2. The summed E-state index contributed by atoms with van der Waals surface area (Å²) in [6.07, 6.45) is 0. The van der Waals surface area contributed by atoms with Crippen LogP contribution in [-0.2, 0) is 26.2 Å². The van der Waals surface area contributed by atoms with Crippen LogP contribution in [-0.4, -0.2) is 8.32 Å². The molecule has 2 aromatic rings. The van der Waals surface area contributed by atoms with Crippen LogP contribution in [0.4, 0.5) is 0 Å². The third-order valence-electron chi connectivity index (χ3n) is 3.77. The Bertz CT molecular complexity index is 499. The molecule has 0 amide bonds. The summed E-state index contributed by atoms with van der Waals surface area (Å²) in [6.45, 7) is 11.4. The van der Waals surface area contributed by atoms with Gasteiger partial charge in [-0.15, -0.1) is 41.1 Å². The molecule has 0 aliphatic rings. The van der Waals surface area contributed by atoms with Gasteiger partial charge in [0.2, 0.25) is 8.32 Å². The Kier molecular flexibility index (Phi) is 9.12. The van der Waals surface area contributed by atoms with Crippen molar-refractivity contribution in [1.82, 2.24) is 0 Å². The van der Waals surface area contributed by atoms with Crippen LogP contribution in [0.5, 0.6) is 5.75 Å². The van der Waals surface area contributed by atoms with Crippen molar-refractivity contribution < 1.29 is 55.4 Å². The first-order valence-corrected chi connectivity index (χ1v) is 9.05. The molecule has 0 atom stereocenters. The van der Waals surface area contributed by atoms with Crippen molar-refractivity contribution in [2.75, 3.05) is 0 Å². The normalized spacial score (nSPS) is 11.1. The van der Waals surface area contributed by atoms with E-state index < -0.39 is 8.32 Å². The Hall–Kier alpha value is 0.310. The largest absolute Gasteiger partial charge is 3.00 e. The summed E-state index contributed by atoms with van der Waals surface area (Å²) >= 11 is 0. The average molecular weight is 408 g/mol. The first-order chi connectivity index (χ1) is 7.79. The number of hydrogen-bond donors (Lipinski definition) is 0. The van der Waals surface area contributed by atoms with Gasteiger partial charge in [0.1, 0.15) is 0 Å². The van der Waals surface area contributed by atoms with E-state index in [1.54, 1.807) is 0 Å². The van der Waals surface area contributed by atoms with E-state index in [0.717, 1.165) is 5.75 Å². The molecule has 2 aromatic carbocycles. The molecule has 109 valence electrons. The van der Waals surface area contributed by atoms with Crippen molar-refractivity contribution >= 4 is 19.1 Å². The van der Waals surface area contributed by atoms with Gasteiger partial charge in [-0.05, 0) is 18.1 Å². The van der Waals surface area contributed by atoms with Crippen molar-refractivity contribution in [3.63, 3.8) is 0 Å². The summed E-state index contributed by atoms with van der Waals surface area (Å²) in [4.78, 5) is 0. The molecule has 0 spiro atoms. The van der Waals surface area contributed by atoms with Gasteiger partial charge >= 0.3 is 26.2 Å². The van der Waals surface area contributed by atoms with E-state index in [4.69, 9.17) is 4.43 Å². The Morgan fingerprint density at radius 1 is 1.05 bits per heavy atom. The molecule has 2 rings (SSSR count). The van der Waals surface area contributed by atoms with Crippen molar-refractivity contribution in [2.45, 2.75) is 38.9 Å². The maximum absolute atomic E-state index is 6.29. The zero-order valence-electron chi connectivity index (χ0n) is 12.6. The van der Waals surface area contributed by atoms with Crippen LogP contribution in [0.3, 0.4) is 0 Å². The number of halogens is 2. The third kappa shape index (κ3) is 4.94. The van der Waals surface area contributed by atoms with Crippen LogP contribution < -0.4 is 29.2 Å². The van der Waals surface area contributed by atoms with Crippen LogP contribution in [0.15, 0.2) is 36.4 Å². The second-order valence-corrected chi connectivity index (χ2v) is 10.9. The van der Waals surface area contributed by atoms with Gasteiger partial charge in [0.15, 0.2) is 0 Å². The van der Waals surface area contributed by atoms with E-state index in [0.29, 0.717) is 0 Å². The Morgan fingerprint density at radius 2 is 1.60 bits per heavy atom. The van der Waals surface area contributed by atoms with Crippen LogP contribution >= 0.6 is 0 Å². The molecule has 1 radical (unpaired) electrons. The van der Waals surface area contributed by atoms with Crippen molar-refractivity contribution in [2.24, 2.45) is 0 Å². The standard InChI is InChI=1S/C15H21OSi.2ClH.Zr/c1-15(2,3)17(4,5)16-14-10-12-8-6-7-9-13(12)11-14;;;/h6-11H,1-5H3;2*1H;/q-1;;;+3/p-2. The van der Waals surface area contributed by atoms with Crippen LogP contribution in [0.2, 0.25) is 18.1 Å². The van der Waals surface area contributed by atoms with Crippen molar-refractivity contribution in [1.29, 1.82) is 0 Å². The summed E-state index contributed by atoms with van der Waals surface area (Å²) < 4.78 is 6.29. The Morgan fingerprint density at radius 3 is 2.10 bits per heavy atom. The molecule has 0 bridgehead atoms. The number of benzene rings is 1. The minimum atomic E-state index is -1.71. The van der Waals surface area contributed by atoms with E-state index >= 15 is 0 Å². The summed E-state index contributed by atoms with van der Waals surface area (Å²) in [5.74, 6) is 1.03. The maximum Gasteiger partial charge on any atom is 3.00 e. The average Bonchev–Trinajstić information content (AvgIpc) is 2.56. The van der Waals surface area contributed by atoms with E-state index in [1.807, 2.05) is 0 Å². The van der Waals surface area contributed by atoms with Crippen LogP contribution in [0.25, 0.3) is 10.8 Å². The molecule has 0 saturated heterocycles. The second kappa shape index (κ2) is 8.08. The van der Waals surface area contributed by atoms with Gasteiger partial charge in [-0.25, -0.2) is 0 Å². The molecule has 0 aromatic heterocycles. The molecular formula is C15H21Cl2OSiZr. The van der Waals surface area contributed by atoms with Gasteiger partial charge in [-0.3, -0.25) is 0 Å². The van der Waals surface area contributed by atoms with Gasteiger partial charge in [-0.1, -0.05) is 26.8 Å². The Labute approximate surface area is 154 Å². The van der Waals surface area contributed by atoms with Gasteiger partial charge < -0.3 is 29.2 Å². The number of hydrogen-bond acceptors (Lipinski definition) is 1. The number of fused-ring (bicyclic) bond motifs is 1. The second-order valence-electron chi connectivity index (χ2n) is 6.18. The van der Waals surface area contributed by atoms with E-state index in [1.165, 1.54) is 10.8 Å². The molecule has 0 N–H and O–H groups in total. The monoisotopic (exact) mass is 405 g/mol. The first kappa shape index (κ1) is 22.6. The van der Waals surface area contributed by atoms with Gasteiger partial charge in [0.25, 0.3) is 0 Å². The van der Waals surface area contributed by atoms with E-state index in [9.17, 15) is 0 Å². The molecule has 0 unspecified atom stereocenters. The van der Waals surface area contributed by atoms with E-state index in [2.05, 4.69) is 70.3 Å². The van der Waals surface area contributed by atoms with Crippen LogP contribution in [0, 0.1) is 0 Å². The predicted molar refractivity (Wildman–Crippen MR) is 77.4 cm³/mol. The molecule has 0 aliphatic heterocycles. The van der Waals surface area contributed by atoms with Gasteiger partial charge in [0.05, 0.1) is 0 Å². The SMILES string of the molecule is CC(C)(C)[Si](C)(C)Oc1cc2ccccc2[cH-]1.[Cl-].[Cl-].[Zr+3]. The van der Waals surface area contributed by atoms with Crippen molar-refractivity contribution in [3.05, 3.63) is 36.4 Å². The molecular weight excluding hydrogens is 386 g/mol. The fourth-order valence-corrected chi connectivity index (χ4v) is 2.64. The van der Waals surface area contributed by atoms with Crippen molar-refractivity contribution in [3.8, 4) is 5.75 Å². The zero-order valence-corrected chi connectivity index (χ0v) is 17.6.